The molecule has 7 heteroatoms. The first-order chi connectivity index (χ1) is 8.24. The van der Waals surface area contributed by atoms with Gasteiger partial charge in [-0.3, -0.25) is 4.40 Å². The Morgan fingerprint density at radius 1 is 1.53 bits per heavy atom. The van der Waals surface area contributed by atoms with Crippen molar-refractivity contribution < 1.29 is 4.74 Å². The summed E-state index contributed by atoms with van der Waals surface area (Å²) >= 11 is 3.38. The van der Waals surface area contributed by atoms with Gasteiger partial charge in [0, 0.05) is 12.8 Å². The van der Waals surface area contributed by atoms with Crippen LogP contribution in [0, 0.1) is 6.92 Å². The number of nitrogens with one attached hydrogen (secondary N) is 1. The molecule has 0 aromatic carbocycles. The molecule has 2 aromatic rings. The summed E-state index contributed by atoms with van der Waals surface area (Å²) in [6.45, 7) is 2.70. The number of aryl methyl sites for hydroxylation is 1. The Balaban J connectivity index is 2.02. The SMILES string of the molecule is Cc1nnc2c(N[C@@H]3CCCO3)nc(Br)cn12. The van der Waals surface area contributed by atoms with E-state index < -0.39 is 0 Å². The molecule has 1 N–H and O–H groups in total. The predicted molar refractivity (Wildman–Crippen MR) is 65.8 cm³/mol. The van der Waals surface area contributed by atoms with Crippen LogP contribution in [-0.2, 0) is 4.74 Å². The van der Waals surface area contributed by atoms with Gasteiger partial charge in [0.15, 0.2) is 5.82 Å². The molecule has 0 amide bonds. The predicted octanol–water partition coefficient (Wildman–Crippen LogP) is 1.74. The molecule has 1 aliphatic heterocycles. The van der Waals surface area contributed by atoms with E-state index in [1.54, 1.807) is 0 Å². The second-order valence-electron chi connectivity index (χ2n) is 4.00. The molecule has 1 atom stereocenters. The molecule has 0 radical (unpaired) electrons. The molecule has 3 heterocycles. The van der Waals surface area contributed by atoms with Crippen LogP contribution in [-0.4, -0.2) is 32.4 Å². The van der Waals surface area contributed by atoms with Gasteiger partial charge in [0.25, 0.3) is 0 Å². The average Bonchev–Trinajstić information content (AvgIpc) is 2.90. The van der Waals surface area contributed by atoms with Gasteiger partial charge in [0.1, 0.15) is 16.7 Å². The summed E-state index contributed by atoms with van der Waals surface area (Å²) in [5.41, 5.74) is 0.723. The van der Waals surface area contributed by atoms with E-state index in [1.807, 2.05) is 17.5 Å². The van der Waals surface area contributed by atoms with E-state index in [4.69, 9.17) is 4.74 Å². The molecule has 0 unspecified atom stereocenters. The maximum atomic E-state index is 5.53. The van der Waals surface area contributed by atoms with Crippen molar-refractivity contribution in [2.75, 3.05) is 11.9 Å². The summed E-state index contributed by atoms with van der Waals surface area (Å²) in [7, 11) is 0. The van der Waals surface area contributed by atoms with Crippen LogP contribution < -0.4 is 5.32 Å². The van der Waals surface area contributed by atoms with E-state index in [2.05, 4.69) is 36.4 Å². The molecule has 3 rings (SSSR count). The molecule has 0 spiro atoms. The number of nitrogens with zero attached hydrogens (tertiary/aromatic N) is 4. The molecule has 1 aliphatic rings. The highest BCUT2D eigenvalue weighted by Gasteiger charge is 2.18. The van der Waals surface area contributed by atoms with Crippen LogP contribution in [0.4, 0.5) is 5.82 Å². The van der Waals surface area contributed by atoms with Crippen molar-refractivity contribution in [1.82, 2.24) is 19.6 Å². The minimum absolute atomic E-state index is 0.0256. The lowest BCUT2D eigenvalue weighted by Gasteiger charge is -2.13. The monoisotopic (exact) mass is 297 g/mol. The molecule has 6 nitrogen and oxygen atoms in total. The van der Waals surface area contributed by atoms with Gasteiger partial charge in [-0.2, -0.15) is 0 Å². The zero-order valence-electron chi connectivity index (χ0n) is 9.35. The van der Waals surface area contributed by atoms with Crippen LogP contribution in [0.2, 0.25) is 0 Å². The van der Waals surface area contributed by atoms with Gasteiger partial charge in [-0.15, -0.1) is 10.2 Å². The number of hydrogen-bond acceptors (Lipinski definition) is 5. The lowest BCUT2D eigenvalue weighted by Crippen LogP contribution is -2.19. The van der Waals surface area contributed by atoms with Gasteiger partial charge >= 0.3 is 0 Å². The maximum Gasteiger partial charge on any atom is 0.203 e. The fourth-order valence-corrected chi connectivity index (χ4v) is 2.30. The van der Waals surface area contributed by atoms with E-state index in [1.165, 1.54) is 0 Å². The molecule has 2 aromatic heterocycles. The Bertz CT molecular complexity index is 549. The standard InChI is InChI=1S/C10H12BrN5O/c1-6-14-15-10-9(12-7(11)5-16(6)10)13-8-3-2-4-17-8/h5,8H,2-4H2,1H3,(H,12,13)/t8-/m0/s1. The summed E-state index contributed by atoms with van der Waals surface area (Å²) < 4.78 is 8.17. The van der Waals surface area contributed by atoms with E-state index in [0.717, 1.165) is 35.5 Å². The summed E-state index contributed by atoms with van der Waals surface area (Å²) in [6.07, 6.45) is 3.95. The van der Waals surface area contributed by atoms with Crippen molar-refractivity contribution in [1.29, 1.82) is 0 Å². The van der Waals surface area contributed by atoms with E-state index in [0.29, 0.717) is 5.82 Å². The van der Waals surface area contributed by atoms with E-state index >= 15 is 0 Å². The Morgan fingerprint density at radius 3 is 3.18 bits per heavy atom. The molecular weight excluding hydrogens is 286 g/mol. The maximum absolute atomic E-state index is 5.53. The third-order valence-electron chi connectivity index (χ3n) is 2.76. The molecule has 1 fully saturated rings. The van der Waals surface area contributed by atoms with Crippen molar-refractivity contribution in [2.24, 2.45) is 0 Å². The fourth-order valence-electron chi connectivity index (χ4n) is 1.92. The van der Waals surface area contributed by atoms with Gasteiger partial charge in [-0.05, 0) is 35.7 Å². The van der Waals surface area contributed by atoms with E-state index in [-0.39, 0.29) is 6.23 Å². The van der Waals surface area contributed by atoms with Crippen molar-refractivity contribution in [3.8, 4) is 0 Å². The summed E-state index contributed by atoms with van der Waals surface area (Å²) in [6, 6.07) is 0. The van der Waals surface area contributed by atoms with Crippen molar-refractivity contribution in [2.45, 2.75) is 26.0 Å². The normalized spacial score (nSPS) is 20.0. The summed E-state index contributed by atoms with van der Waals surface area (Å²) in [5, 5.41) is 11.4. The first kappa shape index (κ1) is 10.9. The molecule has 17 heavy (non-hydrogen) atoms. The third-order valence-corrected chi connectivity index (χ3v) is 3.14. The lowest BCUT2D eigenvalue weighted by atomic mass is 10.3. The Hall–Kier alpha value is -1.21. The topological polar surface area (TPSA) is 64.3 Å². The first-order valence-electron chi connectivity index (χ1n) is 5.50. The van der Waals surface area contributed by atoms with Gasteiger partial charge in [0.2, 0.25) is 5.65 Å². The van der Waals surface area contributed by atoms with Crippen molar-refractivity contribution >= 4 is 27.4 Å². The van der Waals surface area contributed by atoms with Crippen LogP contribution in [0.1, 0.15) is 18.7 Å². The van der Waals surface area contributed by atoms with Crippen LogP contribution in [0.15, 0.2) is 10.8 Å². The molecule has 0 saturated carbocycles. The molecule has 1 saturated heterocycles. The highest BCUT2D eigenvalue weighted by molar-refractivity contribution is 9.10. The van der Waals surface area contributed by atoms with E-state index in [9.17, 15) is 0 Å². The zero-order valence-corrected chi connectivity index (χ0v) is 10.9. The highest BCUT2D eigenvalue weighted by atomic mass is 79.9. The summed E-state index contributed by atoms with van der Waals surface area (Å²) in [4.78, 5) is 4.38. The smallest absolute Gasteiger partial charge is 0.203 e. The Morgan fingerprint density at radius 2 is 2.41 bits per heavy atom. The number of aromatic nitrogens is 4. The highest BCUT2D eigenvalue weighted by Crippen LogP contribution is 2.21. The average molecular weight is 298 g/mol. The van der Waals surface area contributed by atoms with Gasteiger partial charge < -0.3 is 10.1 Å². The van der Waals surface area contributed by atoms with Crippen LogP contribution in [0.25, 0.3) is 5.65 Å². The largest absolute Gasteiger partial charge is 0.359 e. The molecule has 0 bridgehead atoms. The van der Waals surface area contributed by atoms with Crippen LogP contribution in [0.3, 0.4) is 0 Å². The van der Waals surface area contributed by atoms with Crippen LogP contribution >= 0.6 is 15.9 Å². The van der Waals surface area contributed by atoms with Gasteiger partial charge in [-0.1, -0.05) is 0 Å². The molecule has 90 valence electrons. The fraction of sp³-hybridized carbons (Fsp3) is 0.500. The number of ether oxygens (including phenoxy) is 1. The molecular formula is C10H12BrN5O. The van der Waals surface area contributed by atoms with Crippen LogP contribution in [0.5, 0.6) is 0 Å². The number of rotatable bonds is 2. The second-order valence-corrected chi connectivity index (χ2v) is 4.81. The van der Waals surface area contributed by atoms with Crippen molar-refractivity contribution in [3.05, 3.63) is 16.6 Å². The molecule has 0 aliphatic carbocycles. The third kappa shape index (κ3) is 2.00. The number of hydrogen-bond donors (Lipinski definition) is 1. The quantitative estimate of drug-likeness (QED) is 0.915. The number of fused-ring (bicyclic) bond motifs is 1. The van der Waals surface area contributed by atoms with Gasteiger partial charge in [-0.25, -0.2) is 4.98 Å². The van der Waals surface area contributed by atoms with Crippen molar-refractivity contribution in [3.63, 3.8) is 0 Å². The minimum atomic E-state index is 0.0256. The first-order valence-corrected chi connectivity index (χ1v) is 6.29. The zero-order chi connectivity index (χ0) is 11.8. The Labute approximate surface area is 107 Å². The number of anilines is 1. The number of halogens is 1. The lowest BCUT2D eigenvalue weighted by molar-refractivity contribution is 0.131. The minimum Gasteiger partial charge on any atom is -0.359 e. The second kappa shape index (κ2) is 4.23. The Kier molecular flexibility index (Phi) is 2.71. The summed E-state index contributed by atoms with van der Waals surface area (Å²) in [5.74, 6) is 1.53. The van der Waals surface area contributed by atoms with Gasteiger partial charge in [0.05, 0.1) is 0 Å².